The molecule has 20 heavy (non-hydrogen) atoms. The van der Waals surface area contributed by atoms with Crippen molar-refractivity contribution >= 4 is 0 Å². The Hall–Kier alpha value is -0.160. The van der Waals surface area contributed by atoms with Crippen LogP contribution in [-0.2, 0) is 10.4 Å². The first-order chi connectivity index (χ1) is 8.82. The van der Waals surface area contributed by atoms with Gasteiger partial charge in [0.15, 0.2) is 0 Å². The van der Waals surface area contributed by atoms with E-state index in [1.165, 1.54) is 10.1 Å². The van der Waals surface area contributed by atoms with Gasteiger partial charge < -0.3 is 0 Å². The molecule has 2 saturated heterocycles. The average molecular weight is 282 g/mol. The molecule has 2 radical (unpaired) electrons. The summed E-state index contributed by atoms with van der Waals surface area (Å²) in [5, 5.41) is 28.1. The first-order valence-electron chi connectivity index (χ1n) is 7.77. The van der Waals surface area contributed by atoms with E-state index in [1.54, 1.807) is 0 Å². The van der Waals surface area contributed by atoms with Crippen LogP contribution in [0, 0.1) is 5.92 Å². The van der Waals surface area contributed by atoms with Crippen LogP contribution in [0.15, 0.2) is 0 Å². The van der Waals surface area contributed by atoms with Crippen molar-refractivity contribution in [1.29, 1.82) is 0 Å². The molecule has 2 aliphatic rings. The third kappa shape index (κ3) is 2.41. The molecule has 1 spiro atoms. The quantitative estimate of drug-likeness (QED) is 0.681. The van der Waals surface area contributed by atoms with Crippen LogP contribution in [0.5, 0.6) is 0 Å². The lowest BCUT2D eigenvalue weighted by molar-refractivity contribution is -0.363. The van der Waals surface area contributed by atoms with Gasteiger partial charge in [0.05, 0.1) is 5.54 Å². The van der Waals surface area contributed by atoms with Crippen molar-refractivity contribution in [3.63, 3.8) is 0 Å². The van der Waals surface area contributed by atoms with E-state index in [4.69, 9.17) is 0 Å². The Morgan fingerprint density at radius 1 is 0.750 bits per heavy atom. The van der Waals surface area contributed by atoms with Gasteiger partial charge in [-0.05, 0) is 73.1 Å². The van der Waals surface area contributed by atoms with Gasteiger partial charge in [-0.15, -0.1) is 20.5 Å². The molecular formula is C16H30N2O2. The number of hydroxylamine groups is 4. The summed E-state index contributed by atoms with van der Waals surface area (Å²) in [4.78, 5) is 0. The van der Waals surface area contributed by atoms with Crippen LogP contribution in [0.1, 0.15) is 74.1 Å². The maximum Gasteiger partial charge on any atom is 0.0538 e. The van der Waals surface area contributed by atoms with E-state index in [9.17, 15) is 10.4 Å². The summed E-state index contributed by atoms with van der Waals surface area (Å²) in [7, 11) is 0. The Balaban J connectivity index is 2.43. The van der Waals surface area contributed by atoms with Crippen LogP contribution >= 0.6 is 0 Å². The molecule has 4 nitrogen and oxygen atoms in total. The van der Waals surface area contributed by atoms with Gasteiger partial charge in [-0.2, -0.15) is 0 Å². The highest BCUT2D eigenvalue weighted by Gasteiger charge is 2.60. The van der Waals surface area contributed by atoms with E-state index in [0.29, 0.717) is 18.8 Å². The first-order valence-corrected chi connectivity index (χ1v) is 7.77. The van der Waals surface area contributed by atoms with E-state index >= 15 is 0 Å². The van der Waals surface area contributed by atoms with E-state index < -0.39 is 16.6 Å². The lowest BCUT2D eigenvalue weighted by atomic mass is 9.63. The van der Waals surface area contributed by atoms with Gasteiger partial charge in [0, 0.05) is 16.6 Å². The molecule has 0 bridgehead atoms. The second-order valence-corrected chi connectivity index (χ2v) is 9.12. The molecule has 2 aliphatic heterocycles. The van der Waals surface area contributed by atoms with Gasteiger partial charge in [0.1, 0.15) is 0 Å². The monoisotopic (exact) mass is 282 g/mol. The topological polar surface area (TPSA) is 46.3 Å². The molecule has 116 valence electrons. The fraction of sp³-hybridized carbons (Fsp3) is 1.00. The number of nitrogens with zero attached hydrogens (tertiary/aromatic N) is 2. The third-order valence-corrected chi connectivity index (χ3v) is 5.18. The Kier molecular flexibility index (Phi) is 3.58. The largest absolute Gasteiger partial charge is 0.144 e. The second-order valence-electron chi connectivity index (χ2n) is 9.12. The minimum atomic E-state index is -0.489. The summed E-state index contributed by atoms with van der Waals surface area (Å²) in [6.45, 7) is 14.2. The van der Waals surface area contributed by atoms with Crippen LogP contribution in [-0.4, -0.2) is 32.3 Å². The molecule has 1 unspecified atom stereocenters. The van der Waals surface area contributed by atoms with Crippen molar-refractivity contribution in [2.24, 2.45) is 5.92 Å². The standard InChI is InChI=1S/C16H30N2O2/c1-12-8-13(2,3)18(20)16(9-12)10-14(4,5)17(19)15(6,7)11-16/h12H,8-11H2,1-7H3. The maximum atomic E-state index is 13.0. The van der Waals surface area contributed by atoms with Gasteiger partial charge in [0.25, 0.3) is 0 Å². The predicted octanol–water partition coefficient (Wildman–Crippen LogP) is 3.58. The lowest BCUT2D eigenvalue weighted by Crippen LogP contribution is -2.71. The van der Waals surface area contributed by atoms with Gasteiger partial charge in [0.2, 0.25) is 0 Å². The van der Waals surface area contributed by atoms with Gasteiger partial charge in [-0.25, -0.2) is 0 Å². The van der Waals surface area contributed by atoms with E-state index in [2.05, 4.69) is 6.92 Å². The molecular weight excluding hydrogens is 252 g/mol. The van der Waals surface area contributed by atoms with Crippen molar-refractivity contribution in [3.8, 4) is 0 Å². The zero-order valence-electron chi connectivity index (χ0n) is 14.1. The number of hydrogen-bond donors (Lipinski definition) is 0. The van der Waals surface area contributed by atoms with Gasteiger partial charge in [-0.1, -0.05) is 6.92 Å². The summed E-state index contributed by atoms with van der Waals surface area (Å²) in [5.41, 5.74) is -1.71. The molecule has 0 saturated carbocycles. The van der Waals surface area contributed by atoms with Gasteiger partial charge in [-0.3, -0.25) is 0 Å². The van der Waals surface area contributed by atoms with Crippen molar-refractivity contribution in [2.45, 2.75) is 96.3 Å². The van der Waals surface area contributed by atoms with E-state index in [-0.39, 0.29) is 5.54 Å². The first kappa shape index (κ1) is 16.2. The molecule has 0 aromatic rings. The fourth-order valence-corrected chi connectivity index (χ4v) is 5.31. The minimum Gasteiger partial charge on any atom is -0.144 e. The molecule has 0 aromatic heterocycles. The Morgan fingerprint density at radius 2 is 1.20 bits per heavy atom. The molecule has 2 heterocycles. The zero-order valence-corrected chi connectivity index (χ0v) is 14.1. The minimum absolute atomic E-state index is 0.338. The van der Waals surface area contributed by atoms with E-state index in [1.807, 2.05) is 41.5 Å². The summed E-state index contributed by atoms with van der Waals surface area (Å²) in [6.07, 6.45) is 3.15. The van der Waals surface area contributed by atoms with E-state index in [0.717, 1.165) is 12.8 Å². The normalized spacial score (nSPS) is 36.1. The number of piperidine rings is 2. The highest BCUT2D eigenvalue weighted by molar-refractivity contribution is 5.11. The average Bonchev–Trinajstić information content (AvgIpc) is 2.21. The molecule has 0 aromatic carbocycles. The van der Waals surface area contributed by atoms with Crippen molar-refractivity contribution in [3.05, 3.63) is 0 Å². The highest BCUT2D eigenvalue weighted by atomic mass is 16.5. The molecule has 2 rings (SSSR count). The predicted molar refractivity (Wildman–Crippen MR) is 77.7 cm³/mol. The molecule has 2 fully saturated rings. The van der Waals surface area contributed by atoms with Crippen molar-refractivity contribution < 1.29 is 10.4 Å². The Morgan fingerprint density at radius 3 is 1.65 bits per heavy atom. The summed E-state index contributed by atoms with van der Waals surface area (Å²) in [5.74, 6) is 0.528. The van der Waals surface area contributed by atoms with Crippen LogP contribution in [0.2, 0.25) is 0 Å². The van der Waals surface area contributed by atoms with Crippen LogP contribution in [0.25, 0.3) is 0 Å². The van der Waals surface area contributed by atoms with Gasteiger partial charge >= 0.3 is 0 Å². The van der Waals surface area contributed by atoms with Crippen molar-refractivity contribution in [2.75, 3.05) is 0 Å². The Bertz CT molecular complexity index is 372. The van der Waals surface area contributed by atoms with Crippen molar-refractivity contribution in [1.82, 2.24) is 10.1 Å². The summed E-state index contributed by atoms with van der Waals surface area (Å²) >= 11 is 0. The summed E-state index contributed by atoms with van der Waals surface area (Å²) < 4.78 is 0. The molecule has 4 heteroatoms. The highest BCUT2D eigenvalue weighted by Crippen LogP contribution is 2.53. The molecule has 0 amide bonds. The zero-order chi connectivity index (χ0) is 15.6. The SMILES string of the molecule is CC1CC(C)(C)N([O])C2(C1)CC(C)(C)N([O])C(C)(C)C2. The molecule has 0 N–H and O–H groups in total. The lowest BCUT2D eigenvalue weighted by Gasteiger charge is -2.62. The number of rotatable bonds is 0. The third-order valence-electron chi connectivity index (χ3n) is 5.18. The maximum absolute atomic E-state index is 13.0. The van der Waals surface area contributed by atoms with Crippen LogP contribution in [0.3, 0.4) is 0 Å². The number of hydrogen-bond acceptors (Lipinski definition) is 2. The second kappa shape index (κ2) is 4.42. The summed E-state index contributed by atoms with van der Waals surface area (Å²) in [6, 6.07) is 0. The van der Waals surface area contributed by atoms with Crippen LogP contribution < -0.4 is 0 Å². The van der Waals surface area contributed by atoms with Crippen LogP contribution in [0.4, 0.5) is 0 Å². The molecule has 0 aliphatic carbocycles. The Labute approximate surface area is 123 Å². The molecule has 1 atom stereocenters. The smallest absolute Gasteiger partial charge is 0.0538 e. The fourth-order valence-electron chi connectivity index (χ4n) is 5.31.